The van der Waals surface area contributed by atoms with Gasteiger partial charge in [-0.25, -0.2) is 4.63 Å². The zero-order valence-electron chi connectivity index (χ0n) is 25.5. The number of hydrogen-bond donors (Lipinski definition) is 1. The maximum Gasteiger partial charge on any atom is 0.300 e. The first-order valence-electron chi connectivity index (χ1n) is 16.0. The van der Waals surface area contributed by atoms with Crippen molar-refractivity contribution in [2.45, 2.75) is 110 Å². The number of nitro benzene ring substituents is 1. The van der Waals surface area contributed by atoms with Crippen LogP contribution in [0.5, 0.6) is 0 Å². The number of benzene rings is 1. The van der Waals surface area contributed by atoms with E-state index in [0.717, 1.165) is 61.5 Å². The van der Waals surface area contributed by atoms with Gasteiger partial charge in [0, 0.05) is 19.2 Å². The van der Waals surface area contributed by atoms with Gasteiger partial charge in [-0.3, -0.25) is 10.1 Å². The molecule has 0 aliphatic heterocycles. The summed E-state index contributed by atoms with van der Waals surface area (Å²) in [6, 6.07) is 3.53. The highest BCUT2D eigenvalue weighted by atomic mass is 16.6. The molecule has 2 aromatic rings. The third kappa shape index (κ3) is 4.68. The Bertz CT molecular complexity index is 1320. The van der Waals surface area contributed by atoms with Crippen molar-refractivity contribution in [3.63, 3.8) is 0 Å². The summed E-state index contributed by atoms with van der Waals surface area (Å²) in [6.07, 6.45) is 15.6. The Morgan fingerprint density at radius 3 is 2.66 bits per heavy atom. The number of nitro groups is 1. The lowest BCUT2D eigenvalue weighted by Gasteiger charge is -2.58. The minimum Gasteiger partial charge on any atom is -0.393 e. The van der Waals surface area contributed by atoms with Gasteiger partial charge < -0.3 is 10.0 Å². The van der Waals surface area contributed by atoms with E-state index >= 15 is 0 Å². The van der Waals surface area contributed by atoms with Gasteiger partial charge in [0.15, 0.2) is 5.52 Å². The lowest BCUT2D eigenvalue weighted by molar-refractivity contribution is -0.383. The van der Waals surface area contributed by atoms with Gasteiger partial charge in [0.2, 0.25) is 5.52 Å². The fourth-order valence-electron chi connectivity index (χ4n) is 10.3. The van der Waals surface area contributed by atoms with E-state index in [0.29, 0.717) is 22.3 Å². The molecule has 3 fully saturated rings. The molecule has 1 heterocycles. The third-order valence-electron chi connectivity index (χ3n) is 12.7. The second-order valence-electron chi connectivity index (χ2n) is 14.6. The van der Waals surface area contributed by atoms with Crippen LogP contribution in [-0.4, -0.2) is 39.5 Å². The number of aliphatic hydroxyl groups is 1. The number of fused-ring (bicyclic) bond motifs is 6. The van der Waals surface area contributed by atoms with E-state index < -0.39 is 4.92 Å². The smallest absolute Gasteiger partial charge is 0.300 e. The Labute approximate surface area is 244 Å². The van der Waals surface area contributed by atoms with Gasteiger partial charge >= 0.3 is 5.69 Å². The van der Waals surface area contributed by atoms with Gasteiger partial charge in [0.1, 0.15) is 0 Å². The molecule has 3 saturated carbocycles. The first kappa shape index (κ1) is 28.6. The number of nitrogens with zero attached hydrogens (tertiary/aromatic N) is 4. The fraction of sp³-hybridized carbons (Fsp3) is 0.758. The molecule has 0 radical (unpaired) electrons. The van der Waals surface area contributed by atoms with E-state index in [1.165, 1.54) is 44.6 Å². The average molecular weight is 565 g/mol. The van der Waals surface area contributed by atoms with Crippen LogP contribution in [0.4, 0.5) is 11.4 Å². The van der Waals surface area contributed by atoms with E-state index in [1.807, 2.05) is 7.05 Å². The summed E-state index contributed by atoms with van der Waals surface area (Å²) in [7, 11) is 2.03. The molecule has 224 valence electrons. The van der Waals surface area contributed by atoms with Gasteiger partial charge in [-0.2, -0.15) is 0 Å². The Hall–Kier alpha value is -2.48. The minimum absolute atomic E-state index is 0.0754. The highest BCUT2D eigenvalue weighted by Crippen LogP contribution is 2.67. The van der Waals surface area contributed by atoms with E-state index in [4.69, 9.17) is 4.63 Å². The van der Waals surface area contributed by atoms with Gasteiger partial charge in [0.25, 0.3) is 0 Å². The number of non-ortho nitro benzene ring substituents is 1. The molecule has 6 rings (SSSR count). The maximum absolute atomic E-state index is 11.4. The number of aromatic nitrogens is 2. The van der Waals surface area contributed by atoms with Gasteiger partial charge in [0.05, 0.1) is 16.7 Å². The molecule has 0 saturated heterocycles. The SMILES string of the molecule is CC(CCCC(C)N(C)c1ccc([N+](=O)[O-])c2nonc12)C1CCC2C3CC=C4CC(O)CCC4(C)C3CCC12C. The number of anilines is 1. The lowest BCUT2D eigenvalue weighted by atomic mass is 9.47. The predicted octanol–water partition coefficient (Wildman–Crippen LogP) is 7.70. The van der Waals surface area contributed by atoms with Crippen LogP contribution >= 0.6 is 0 Å². The summed E-state index contributed by atoms with van der Waals surface area (Å²) < 4.78 is 4.87. The Morgan fingerprint density at radius 1 is 1.10 bits per heavy atom. The standard InChI is InChI=1S/C33H48N4O4/c1-20(7-6-8-21(2)36(5)28-13-14-29(37(39)40)31-30(28)34-41-35-31)25-11-12-26-24-10-9-22-19-23(38)15-17-32(22,3)27(24)16-18-33(25,26)4/h9,13-14,20-21,23-27,38H,6-8,10-12,15-19H2,1-5H3. The van der Waals surface area contributed by atoms with Crippen molar-refractivity contribution in [3.8, 4) is 0 Å². The van der Waals surface area contributed by atoms with Crippen LogP contribution in [0.1, 0.15) is 98.3 Å². The van der Waals surface area contributed by atoms with E-state index in [1.54, 1.807) is 11.6 Å². The van der Waals surface area contributed by atoms with Crippen molar-refractivity contribution in [3.05, 3.63) is 33.9 Å². The lowest BCUT2D eigenvalue weighted by Crippen LogP contribution is -2.50. The summed E-state index contributed by atoms with van der Waals surface area (Å²) in [4.78, 5) is 13.1. The van der Waals surface area contributed by atoms with Gasteiger partial charge in [-0.15, -0.1) is 0 Å². The highest BCUT2D eigenvalue weighted by molar-refractivity contribution is 5.93. The average Bonchev–Trinajstić information content (AvgIpc) is 3.57. The first-order valence-corrected chi connectivity index (χ1v) is 16.0. The van der Waals surface area contributed by atoms with Gasteiger partial charge in [-0.1, -0.05) is 45.3 Å². The van der Waals surface area contributed by atoms with Crippen LogP contribution in [-0.2, 0) is 0 Å². The molecule has 8 heteroatoms. The summed E-state index contributed by atoms with van der Waals surface area (Å²) in [5.74, 6) is 3.95. The first-order chi connectivity index (χ1) is 19.5. The molecule has 0 spiro atoms. The molecular weight excluding hydrogens is 516 g/mol. The molecule has 1 N–H and O–H groups in total. The van der Waals surface area contributed by atoms with Crippen LogP contribution in [0.3, 0.4) is 0 Å². The van der Waals surface area contributed by atoms with Crippen molar-refractivity contribution in [1.29, 1.82) is 0 Å². The zero-order valence-corrected chi connectivity index (χ0v) is 25.5. The fourth-order valence-corrected chi connectivity index (χ4v) is 10.3. The normalized spacial score (nSPS) is 36.1. The van der Waals surface area contributed by atoms with Gasteiger partial charge in [-0.05, 0) is 122 Å². The number of allylic oxidation sites excluding steroid dienone is 1. The maximum atomic E-state index is 11.4. The molecular formula is C33H48N4O4. The van der Waals surface area contributed by atoms with E-state index in [9.17, 15) is 15.2 Å². The van der Waals surface area contributed by atoms with Crippen molar-refractivity contribution in [1.82, 2.24) is 10.3 Å². The summed E-state index contributed by atoms with van der Waals surface area (Å²) >= 11 is 0. The second kappa shape index (κ2) is 10.7. The van der Waals surface area contributed by atoms with Crippen molar-refractivity contribution < 1.29 is 14.7 Å². The van der Waals surface area contributed by atoms with Crippen molar-refractivity contribution in [2.75, 3.05) is 11.9 Å². The van der Waals surface area contributed by atoms with E-state index in [-0.39, 0.29) is 23.3 Å². The van der Waals surface area contributed by atoms with Crippen LogP contribution < -0.4 is 4.90 Å². The number of hydrogen-bond acceptors (Lipinski definition) is 7. The van der Waals surface area contributed by atoms with Crippen LogP contribution in [0, 0.1) is 50.5 Å². The topological polar surface area (TPSA) is 106 Å². The zero-order chi connectivity index (χ0) is 29.1. The molecule has 41 heavy (non-hydrogen) atoms. The summed E-state index contributed by atoms with van der Waals surface area (Å²) in [5.41, 5.74) is 3.73. The molecule has 9 atom stereocenters. The molecule has 0 bridgehead atoms. The Morgan fingerprint density at radius 2 is 1.88 bits per heavy atom. The quantitative estimate of drug-likeness (QED) is 0.199. The molecule has 9 unspecified atom stereocenters. The molecule has 1 aromatic carbocycles. The molecule has 8 nitrogen and oxygen atoms in total. The minimum atomic E-state index is -0.439. The largest absolute Gasteiger partial charge is 0.393 e. The Balaban J connectivity index is 1.07. The summed E-state index contributed by atoms with van der Waals surface area (Å²) in [6.45, 7) is 9.88. The molecule has 4 aliphatic rings. The number of rotatable bonds is 8. The van der Waals surface area contributed by atoms with Crippen LogP contribution in [0.2, 0.25) is 0 Å². The highest BCUT2D eigenvalue weighted by Gasteiger charge is 2.59. The number of aliphatic hydroxyl groups excluding tert-OH is 1. The van der Waals surface area contributed by atoms with E-state index in [2.05, 4.69) is 49.0 Å². The predicted molar refractivity (Wildman–Crippen MR) is 161 cm³/mol. The third-order valence-corrected chi connectivity index (χ3v) is 12.7. The summed E-state index contributed by atoms with van der Waals surface area (Å²) in [5, 5.41) is 29.5. The molecule has 0 amide bonds. The molecule has 4 aliphatic carbocycles. The Kier molecular flexibility index (Phi) is 7.44. The second-order valence-corrected chi connectivity index (χ2v) is 14.6. The van der Waals surface area contributed by atoms with Crippen LogP contribution in [0.15, 0.2) is 28.4 Å². The van der Waals surface area contributed by atoms with Crippen molar-refractivity contribution >= 4 is 22.4 Å². The monoisotopic (exact) mass is 564 g/mol. The van der Waals surface area contributed by atoms with Crippen molar-refractivity contribution in [2.24, 2.45) is 40.4 Å². The molecule has 1 aromatic heterocycles. The van der Waals surface area contributed by atoms with Crippen LogP contribution in [0.25, 0.3) is 11.0 Å².